The maximum absolute atomic E-state index is 12.1. The van der Waals surface area contributed by atoms with Gasteiger partial charge in [-0.2, -0.15) is 0 Å². The number of allylic oxidation sites excluding steroid dienone is 1. The third kappa shape index (κ3) is 3.85. The van der Waals surface area contributed by atoms with E-state index >= 15 is 0 Å². The van der Waals surface area contributed by atoms with Crippen LogP contribution in [0.1, 0.15) is 31.4 Å². The molecule has 0 aliphatic carbocycles. The molecule has 0 bridgehead atoms. The fourth-order valence-electron chi connectivity index (χ4n) is 2.15. The number of methoxy groups -OCH3 is 2. The molecule has 8 nitrogen and oxygen atoms in total. The third-order valence-corrected chi connectivity index (χ3v) is 5.39. The zero-order chi connectivity index (χ0) is 18.6. The van der Waals surface area contributed by atoms with Gasteiger partial charge in [0.05, 0.1) is 19.8 Å². The Bertz CT molecular complexity index is 813. The lowest BCUT2D eigenvalue weighted by atomic mass is 10.1. The van der Waals surface area contributed by atoms with E-state index in [1.54, 1.807) is 6.08 Å². The minimum absolute atomic E-state index is 0.187. The van der Waals surface area contributed by atoms with Crippen LogP contribution in [0, 0.1) is 6.92 Å². The van der Waals surface area contributed by atoms with Crippen molar-refractivity contribution in [3.05, 3.63) is 34.5 Å². The number of nitrogens with two attached hydrogens (primary N) is 1. The van der Waals surface area contributed by atoms with Gasteiger partial charge in [0, 0.05) is 17.9 Å². The maximum Gasteiger partial charge on any atom is 0.348 e. The number of carbonyl (C=O) groups is 2. The van der Waals surface area contributed by atoms with E-state index in [-0.39, 0.29) is 21.2 Å². The fraction of sp³-hybridized carbons (Fsp3) is 0.333. The van der Waals surface area contributed by atoms with Crippen molar-refractivity contribution in [1.29, 1.82) is 0 Å². The highest BCUT2D eigenvalue weighted by Gasteiger charge is 2.27. The van der Waals surface area contributed by atoms with Crippen LogP contribution in [0.25, 0.3) is 0 Å². The molecule has 2 heterocycles. The van der Waals surface area contributed by atoms with Gasteiger partial charge in [0.1, 0.15) is 15.7 Å². The van der Waals surface area contributed by atoms with Crippen molar-refractivity contribution in [2.24, 2.45) is 0 Å². The summed E-state index contributed by atoms with van der Waals surface area (Å²) in [6.45, 7) is 6.11. The van der Waals surface area contributed by atoms with E-state index in [0.717, 1.165) is 17.2 Å². The first kappa shape index (κ1) is 19.0. The van der Waals surface area contributed by atoms with Gasteiger partial charge in [-0.3, -0.25) is 0 Å². The summed E-state index contributed by atoms with van der Waals surface area (Å²) in [5, 5.41) is 9.01. The van der Waals surface area contributed by atoms with Crippen LogP contribution in [-0.2, 0) is 21.8 Å². The molecule has 2 rings (SSSR count). The summed E-state index contributed by atoms with van der Waals surface area (Å²) in [6.07, 6.45) is 1.74. The van der Waals surface area contributed by atoms with Crippen LogP contribution in [0.5, 0.6) is 0 Å². The number of nitrogens with zero attached hydrogens (tertiary/aromatic N) is 3. The minimum Gasteiger partial charge on any atom is -0.465 e. The number of anilines is 1. The molecule has 0 aromatic carbocycles. The summed E-state index contributed by atoms with van der Waals surface area (Å²) in [6, 6.07) is 0. The summed E-state index contributed by atoms with van der Waals surface area (Å²) in [7, 11) is 2.54. The number of esters is 2. The number of hydrogen-bond donors (Lipinski definition) is 1. The van der Waals surface area contributed by atoms with Crippen molar-refractivity contribution < 1.29 is 19.1 Å². The monoisotopic (exact) mass is 382 g/mol. The molecule has 0 radical (unpaired) electrons. The molecule has 134 valence electrons. The van der Waals surface area contributed by atoms with E-state index in [0.29, 0.717) is 17.3 Å². The zero-order valence-electron chi connectivity index (χ0n) is 14.1. The number of aryl methyl sites for hydroxylation is 1. The molecular weight excluding hydrogens is 364 g/mol. The van der Waals surface area contributed by atoms with Gasteiger partial charge >= 0.3 is 11.9 Å². The van der Waals surface area contributed by atoms with Gasteiger partial charge in [0.2, 0.25) is 0 Å². The Hall–Kier alpha value is -2.33. The Balaban J connectivity index is 2.39. The van der Waals surface area contributed by atoms with Crippen molar-refractivity contribution in [2.45, 2.75) is 24.4 Å². The van der Waals surface area contributed by atoms with Crippen LogP contribution >= 0.6 is 23.1 Å². The molecule has 0 spiro atoms. The Morgan fingerprint density at radius 3 is 2.60 bits per heavy atom. The molecular formula is C15H18N4O4S2. The Labute approximate surface area is 153 Å². The first-order valence-corrected chi connectivity index (χ1v) is 8.96. The molecule has 0 fully saturated rings. The van der Waals surface area contributed by atoms with Gasteiger partial charge in [0.15, 0.2) is 5.16 Å². The van der Waals surface area contributed by atoms with Gasteiger partial charge in [-0.15, -0.1) is 28.1 Å². The molecule has 0 unspecified atom stereocenters. The number of aromatic nitrogens is 3. The normalized spacial score (nSPS) is 10.5. The highest BCUT2D eigenvalue weighted by atomic mass is 32.2. The topological polar surface area (TPSA) is 109 Å². The summed E-state index contributed by atoms with van der Waals surface area (Å²) >= 11 is 2.34. The van der Waals surface area contributed by atoms with Crippen LogP contribution < -0.4 is 5.73 Å². The second-order valence-electron chi connectivity index (χ2n) is 4.85. The van der Waals surface area contributed by atoms with E-state index < -0.39 is 11.9 Å². The first-order valence-electron chi connectivity index (χ1n) is 7.15. The lowest BCUT2D eigenvalue weighted by molar-refractivity contribution is 0.0601. The van der Waals surface area contributed by atoms with Gasteiger partial charge in [-0.1, -0.05) is 17.8 Å². The summed E-state index contributed by atoms with van der Waals surface area (Å²) < 4.78 is 11.4. The second-order valence-corrected chi connectivity index (χ2v) is 6.84. The number of thiophene rings is 1. The Kier molecular flexibility index (Phi) is 6.21. The number of thioether (sulfide) groups is 1. The standard InChI is InChI=1S/C15H18N4O4S2/c1-5-6-19-8(2)17-18-15(19)24-7-9-10(13(20)22-3)12(16)25-11(9)14(21)23-4/h5H,1,6-7,16H2,2-4H3. The van der Waals surface area contributed by atoms with Crippen molar-refractivity contribution in [3.63, 3.8) is 0 Å². The summed E-state index contributed by atoms with van der Waals surface area (Å²) in [4.78, 5) is 24.4. The zero-order valence-corrected chi connectivity index (χ0v) is 15.7. The smallest absolute Gasteiger partial charge is 0.348 e. The number of nitrogen functional groups attached to an aromatic ring is 1. The van der Waals surface area contributed by atoms with Crippen LogP contribution in [0.15, 0.2) is 17.8 Å². The highest BCUT2D eigenvalue weighted by molar-refractivity contribution is 7.98. The molecule has 25 heavy (non-hydrogen) atoms. The van der Waals surface area contributed by atoms with E-state index in [4.69, 9.17) is 15.2 Å². The molecule has 2 aromatic rings. The van der Waals surface area contributed by atoms with Crippen molar-refractivity contribution in [3.8, 4) is 0 Å². The Morgan fingerprint density at radius 2 is 2.00 bits per heavy atom. The molecule has 2 N–H and O–H groups in total. The second kappa shape index (κ2) is 8.17. The van der Waals surface area contributed by atoms with E-state index in [1.165, 1.54) is 26.0 Å². The predicted octanol–water partition coefficient (Wildman–Crippen LogP) is 2.28. The van der Waals surface area contributed by atoms with Crippen LogP contribution in [0.4, 0.5) is 5.00 Å². The third-order valence-electron chi connectivity index (χ3n) is 3.35. The Morgan fingerprint density at radius 1 is 1.32 bits per heavy atom. The molecule has 0 aliphatic rings. The molecule has 0 aliphatic heterocycles. The van der Waals surface area contributed by atoms with Gasteiger partial charge < -0.3 is 19.8 Å². The van der Waals surface area contributed by atoms with Crippen LogP contribution in [0.2, 0.25) is 0 Å². The van der Waals surface area contributed by atoms with Crippen molar-refractivity contribution >= 4 is 40.0 Å². The average molecular weight is 382 g/mol. The van der Waals surface area contributed by atoms with E-state index in [1.807, 2.05) is 11.5 Å². The van der Waals surface area contributed by atoms with Crippen LogP contribution in [-0.4, -0.2) is 40.9 Å². The van der Waals surface area contributed by atoms with Gasteiger partial charge in [-0.25, -0.2) is 9.59 Å². The molecule has 2 aromatic heterocycles. The van der Waals surface area contributed by atoms with Gasteiger partial charge in [0.25, 0.3) is 0 Å². The molecule has 0 amide bonds. The highest BCUT2D eigenvalue weighted by Crippen LogP contribution is 2.36. The van der Waals surface area contributed by atoms with E-state index in [2.05, 4.69) is 16.8 Å². The largest absolute Gasteiger partial charge is 0.465 e. The molecule has 0 saturated carbocycles. The van der Waals surface area contributed by atoms with E-state index in [9.17, 15) is 9.59 Å². The number of hydrogen-bond acceptors (Lipinski definition) is 9. The lowest BCUT2D eigenvalue weighted by Gasteiger charge is -2.07. The number of rotatable bonds is 7. The average Bonchev–Trinajstić information content (AvgIpc) is 3.12. The van der Waals surface area contributed by atoms with Crippen LogP contribution in [0.3, 0.4) is 0 Å². The van der Waals surface area contributed by atoms with Gasteiger partial charge in [-0.05, 0) is 6.92 Å². The maximum atomic E-state index is 12.1. The minimum atomic E-state index is -0.594. The predicted molar refractivity (Wildman–Crippen MR) is 95.9 cm³/mol. The molecule has 0 saturated heterocycles. The van der Waals surface area contributed by atoms with Crippen molar-refractivity contribution in [1.82, 2.24) is 14.8 Å². The summed E-state index contributed by atoms with van der Waals surface area (Å²) in [5.41, 5.74) is 6.57. The molecule has 10 heteroatoms. The van der Waals surface area contributed by atoms with Crippen molar-refractivity contribution in [2.75, 3.05) is 20.0 Å². The lowest BCUT2D eigenvalue weighted by Crippen LogP contribution is -2.09. The first-order chi connectivity index (χ1) is 11.9. The number of ether oxygens (including phenoxy) is 2. The quantitative estimate of drug-likeness (QED) is 0.441. The fourth-order valence-corrected chi connectivity index (χ4v) is 4.26. The summed E-state index contributed by atoms with van der Waals surface area (Å²) in [5.74, 6) is -0.110. The SMILES string of the molecule is C=CCn1c(C)nnc1SCc1c(C(=O)OC)sc(N)c1C(=O)OC. The number of carbonyl (C=O) groups excluding carboxylic acids is 2. The molecule has 0 atom stereocenters.